The fraction of sp³-hybridized carbons (Fsp3) is 0.0588. The summed E-state index contributed by atoms with van der Waals surface area (Å²) in [4.78, 5) is 4.32. The highest BCUT2D eigenvalue weighted by Crippen LogP contribution is 2.09. The zero-order valence-electron chi connectivity index (χ0n) is 11.7. The molecule has 0 radical (unpaired) electrons. The molecule has 0 aromatic heterocycles. The second-order valence-corrected chi connectivity index (χ2v) is 4.41. The summed E-state index contributed by atoms with van der Waals surface area (Å²) < 4.78 is 0. The molecule has 0 amide bonds. The van der Waals surface area contributed by atoms with Gasteiger partial charge in [0.1, 0.15) is 0 Å². The van der Waals surface area contributed by atoms with Crippen molar-refractivity contribution in [2.75, 3.05) is 6.54 Å². The molecule has 0 saturated heterocycles. The fourth-order valence-corrected chi connectivity index (χ4v) is 1.73. The highest BCUT2D eigenvalue weighted by atomic mass is 15.1. The van der Waals surface area contributed by atoms with Gasteiger partial charge in [0.2, 0.25) is 0 Å². The third-order valence-electron chi connectivity index (χ3n) is 2.89. The molecule has 2 rings (SSSR count). The third-order valence-corrected chi connectivity index (χ3v) is 2.89. The highest BCUT2D eigenvalue weighted by molar-refractivity contribution is 6.32. The van der Waals surface area contributed by atoms with E-state index in [2.05, 4.69) is 22.0 Å². The van der Waals surface area contributed by atoms with Crippen LogP contribution in [-0.2, 0) is 0 Å². The van der Waals surface area contributed by atoms with Crippen LogP contribution in [0, 0.1) is 0 Å². The van der Waals surface area contributed by atoms with Gasteiger partial charge in [0.15, 0.2) is 0 Å². The number of nitrogens with one attached hydrogen (secondary N) is 1. The number of rotatable bonds is 6. The Morgan fingerprint density at radius 2 is 1.67 bits per heavy atom. The van der Waals surface area contributed by atoms with Crippen molar-refractivity contribution in [3.8, 4) is 0 Å². The van der Waals surface area contributed by atoms with Crippen LogP contribution in [0.15, 0.2) is 77.3 Å². The van der Waals surface area contributed by atoms with Gasteiger partial charge in [0.05, 0.1) is 24.2 Å². The second kappa shape index (κ2) is 7.65. The third kappa shape index (κ3) is 4.62. The molecule has 2 aromatic carbocycles. The molecule has 106 valence electrons. The molecule has 21 heavy (non-hydrogen) atoms. The summed E-state index contributed by atoms with van der Waals surface area (Å²) in [7, 11) is 0. The minimum atomic E-state index is 0.473. The average Bonchev–Trinajstić information content (AvgIpc) is 2.56. The van der Waals surface area contributed by atoms with Crippen molar-refractivity contribution < 1.29 is 0 Å². The lowest BCUT2D eigenvalue weighted by molar-refractivity contribution is 1.04. The van der Waals surface area contributed by atoms with Crippen molar-refractivity contribution in [1.29, 1.82) is 0 Å². The Labute approximate surface area is 124 Å². The quantitative estimate of drug-likeness (QED) is 0.485. The number of benzene rings is 2. The molecule has 0 spiro atoms. The van der Waals surface area contributed by atoms with Gasteiger partial charge in [-0.15, -0.1) is 0 Å². The zero-order chi connectivity index (χ0) is 14.9. The first-order chi connectivity index (χ1) is 10.3. The molecule has 0 saturated carbocycles. The van der Waals surface area contributed by atoms with Crippen LogP contribution in [0.5, 0.6) is 0 Å². The number of nitrogens with two attached hydrogens (primary N) is 1. The zero-order valence-corrected chi connectivity index (χ0v) is 11.7. The Hall–Kier alpha value is -2.88. The molecule has 0 heterocycles. The van der Waals surface area contributed by atoms with E-state index >= 15 is 0 Å². The summed E-state index contributed by atoms with van der Waals surface area (Å²) in [6.45, 7) is 4.47. The standard InChI is InChI=1S/C17H18N4/c1-14(15-8-4-2-5-9-15)19-12-17(21-18)13-20-16-10-6-3-7-11-16/h2-11,13,19H,1,12,18H2. The molecule has 4 heteroatoms. The molecule has 4 nitrogen and oxygen atoms in total. The van der Waals surface area contributed by atoms with E-state index in [-0.39, 0.29) is 0 Å². The Bertz CT molecular complexity index is 630. The van der Waals surface area contributed by atoms with Gasteiger partial charge in [-0.3, -0.25) is 4.99 Å². The van der Waals surface area contributed by atoms with Gasteiger partial charge in [-0.05, 0) is 17.7 Å². The number of nitrogens with zero attached hydrogens (tertiary/aromatic N) is 2. The first-order valence-electron chi connectivity index (χ1n) is 6.63. The Balaban J connectivity index is 1.92. The molecular formula is C17H18N4. The van der Waals surface area contributed by atoms with Crippen molar-refractivity contribution in [3.05, 3.63) is 72.8 Å². The molecule has 0 unspecified atom stereocenters. The number of hydrogen-bond donors (Lipinski definition) is 2. The predicted molar refractivity (Wildman–Crippen MR) is 89.7 cm³/mol. The summed E-state index contributed by atoms with van der Waals surface area (Å²) in [5.74, 6) is 5.39. The molecule has 3 N–H and O–H groups in total. The minimum Gasteiger partial charge on any atom is -0.379 e. The SMILES string of the molecule is C=C(NCC(C=Nc1ccccc1)=NN)c1ccccc1. The van der Waals surface area contributed by atoms with Gasteiger partial charge < -0.3 is 11.2 Å². The van der Waals surface area contributed by atoms with Crippen molar-refractivity contribution in [2.45, 2.75) is 0 Å². The second-order valence-electron chi connectivity index (χ2n) is 4.41. The van der Waals surface area contributed by atoms with Crippen molar-refractivity contribution in [2.24, 2.45) is 15.9 Å². The molecule has 0 aliphatic rings. The van der Waals surface area contributed by atoms with Gasteiger partial charge in [-0.2, -0.15) is 5.10 Å². The average molecular weight is 278 g/mol. The van der Waals surface area contributed by atoms with Crippen molar-refractivity contribution >= 4 is 23.3 Å². The van der Waals surface area contributed by atoms with Crippen LogP contribution in [0.1, 0.15) is 5.56 Å². The Morgan fingerprint density at radius 1 is 1.05 bits per heavy atom. The van der Waals surface area contributed by atoms with E-state index in [0.29, 0.717) is 12.3 Å². The van der Waals surface area contributed by atoms with Crippen LogP contribution < -0.4 is 11.2 Å². The van der Waals surface area contributed by atoms with Gasteiger partial charge in [-0.25, -0.2) is 0 Å². The van der Waals surface area contributed by atoms with E-state index in [1.54, 1.807) is 6.21 Å². The van der Waals surface area contributed by atoms with E-state index in [1.165, 1.54) is 0 Å². The summed E-state index contributed by atoms with van der Waals surface area (Å²) in [5.41, 5.74) is 3.37. The van der Waals surface area contributed by atoms with Crippen LogP contribution in [0.4, 0.5) is 5.69 Å². The molecule has 0 bridgehead atoms. The largest absolute Gasteiger partial charge is 0.379 e. The number of aliphatic imine (C=N–C) groups is 1. The number of hydrazone groups is 1. The van der Waals surface area contributed by atoms with E-state index < -0.39 is 0 Å². The highest BCUT2D eigenvalue weighted by Gasteiger charge is 2.00. The molecule has 0 aliphatic carbocycles. The van der Waals surface area contributed by atoms with Crippen molar-refractivity contribution in [1.82, 2.24) is 5.32 Å². The lowest BCUT2D eigenvalue weighted by Gasteiger charge is -2.09. The number of hydrogen-bond acceptors (Lipinski definition) is 4. The van der Waals surface area contributed by atoms with Crippen LogP contribution >= 0.6 is 0 Å². The maximum atomic E-state index is 5.39. The lowest BCUT2D eigenvalue weighted by Crippen LogP contribution is -2.23. The number of para-hydroxylation sites is 1. The Morgan fingerprint density at radius 3 is 2.29 bits per heavy atom. The molecule has 0 aliphatic heterocycles. The summed E-state index contributed by atoms with van der Waals surface area (Å²) >= 11 is 0. The van der Waals surface area contributed by atoms with Crippen molar-refractivity contribution in [3.63, 3.8) is 0 Å². The van der Waals surface area contributed by atoms with Crippen LogP contribution in [0.25, 0.3) is 5.70 Å². The monoisotopic (exact) mass is 278 g/mol. The van der Waals surface area contributed by atoms with E-state index in [9.17, 15) is 0 Å². The fourth-order valence-electron chi connectivity index (χ4n) is 1.73. The maximum Gasteiger partial charge on any atom is 0.0973 e. The van der Waals surface area contributed by atoms with E-state index in [0.717, 1.165) is 16.9 Å². The first kappa shape index (κ1) is 14.5. The summed E-state index contributed by atoms with van der Waals surface area (Å²) in [6.07, 6.45) is 1.65. The molecule has 0 atom stereocenters. The maximum absolute atomic E-state index is 5.39. The minimum absolute atomic E-state index is 0.473. The van der Waals surface area contributed by atoms with Crippen LogP contribution in [-0.4, -0.2) is 18.5 Å². The summed E-state index contributed by atoms with van der Waals surface area (Å²) in [5, 5.41) is 6.92. The van der Waals surface area contributed by atoms with E-state index in [4.69, 9.17) is 5.84 Å². The van der Waals surface area contributed by atoms with Crippen LogP contribution in [0.3, 0.4) is 0 Å². The molecule has 2 aromatic rings. The normalized spacial score (nSPS) is 11.5. The van der Waals surface area contributed by atoms with Gasteiger partial charge in [0, 0.05) is 5.70 Å². The first-order valence-corrected chi connectivity index (χ1v) is 6.63. The predicted octanol–water partition coefficient (Wildman–Crippen LogP) is 2.96. The summed E-state index contributed by atoms with van der Waals surface area (Å²) in [6, 6.07) is 19.5. The van der Waals surface area contributed by atoms with Gasteiger partial charge in [-0.1, -0.05) is 55.1 Å². The lowest BCUT2D eigenvalue weighted by atomic mass is 10.2. The topological polar surface area (TPSA) is 62.8 Å². The van der Waals surface area contributed by atoms with Gasteiger partial charge in [0.25, 0.3) is 0 Å². The van der Waals surface area contributed by atoms with Gasteiger partial charge >= 0.3 is 0 Å². The molecule has 0 fully saturated rings. The Kier molecular flexibility index (Phi) is 5.29. The van der Waals surface area contributed by atoms with E-state index in [1.807, 2.05) is 60.7 Å². The smallest absolute Gasteiger partial charge is 0.0973 e. The molecular weight excluding hydrogens is 260 g/mol. The van der Waals surface area contributed by atoms with Crippen LogP contribution in [0.2, 0.25) is 0 Å².